The highest BCUT2D eigenvalue weighted by Gasteiger charge is 2.24. The van der Waals surface area contributed by atoms with Gasteiger partial charge in [0.05, 0.1) is 24.7 Å². The summed E-state index contributed by atoms with van der Waals surface area (Å²) in [5.74, 6) is -2.49. The van der Waals surface area contributed by atoms with Crippen LogP contribution >= 0.6 is 0 Å². The molecular weight excluding hydrogens is 632 g/mol. The van der Waals surface area contributed by atoms with Crippen molar-refractivity contribution >= 4 is 35.1 Å². The summed E-state index contributed by atoms with van der Waals surface area (Å²) >= 11 is 0. The number of Topliss-reactive ketones (excluding diaryl/α,β-unsaturated/α-hetero) is 4. The maximum atomic E-state index is 12.7. The Kier molecular flexibility index (Phi) is 21.9. The van der Waals surface area contributed by atoms with Crippen molar-refractivity contribution in [2.75, 3.05) is 0 Å². The molecule has 2 unspecified atom stereocenters. The normalized spacial score (nSPS) is 12.1. The number of hydrogen-bond donors (Lipinski definition) is 0. The molecule has 0 N–H and O–H groups in total. The van der Waals surface area contributed by atoms with Gasteiger partial charge in [-0.25, -0.2) is 19.4 Å². The fourth-order valence-corrected chi connectivity index (χ4v) is 6.18. The van der Waals surface area contributed by atoms with Gasteiger partial charge in [0.25, 0.3) is 0 Å². The molecule has 0 aliphatic heterocycles. The van der Waals surface area contributed by atoms with Crippen LogP contribution in [0.5, 0.6) is 0 Å². The molecule has 0 saturated heterocycles. The first-order valence-corrected chi connectivity index (χ1v) is 18.8. The Morgan fingerprint density at radius 1 is 0.420 bits per heavy atom. The van der Waals surface area contributed by atoms with Gasteiger partial charge in [-0.05, 0) is 39.5 Å². The van der Waals surface area contributed by atoms with Crippen LogP contribution in [-0.4, -0.2) is 35.1 Å². The van der Waals surface area contributed by atoms with Crippen molar-refractivity contribution in [1.82, 2.24) is 0 Å². The summed E-state index contributed by atoms with van der Waals surface area (Å²) in [5, 5.41) is 0. The van der Waals surface area contributed by atoms with Gasteiger partial charge in [-0.1, -0.05) is 151 Å². The molecule has 2 rings (SSSR count). The van der Waals surface area contributed by atoms with Gasteiger partial charge in [-0.2, -0.15) is 0 Å². The largest absolute Gasteiger partial charge is 0.355 e. The van der Waals surface area contributed by atoms with E-state index in [4.69, 9.17) is 0 Å². The maximum absolute atomic E-state index is 12.7. The minimum atomic E-state index is -0.560. The quantitative estimate of drug-likeness (QED) is 0.0284. The van der Waals surface area contributed by atoms with E-state index in [0.717, 1.165) is 89.9 Å². The second-order valence-electron chi connectivity index (χ2n) is 13.4. The van der Waals surface area contributed by atoms with Gasteiger partial charge in [0.15, 0.2) is 11.6 Å². The van der Waals surface area contributed by atoms with Crippen LogP contribution in [-0.2, 0) is 29.0 Å². The Labute approximate surface area is 299 Å². The predicted octanol–water partition coefficient (Wildman–Crippen LogP) is 9.97. The Bertz CT molecular complexity index is 1200. The van der Waals surface area contributed by atoms with Crippen molar-refractivity contribution in [3.05, 3.63) is 71.8 Å². The lowest BCUT2D eigenvalue weighted by atomic mass is 9.89. The number of rotatable bonds is 28. The lowest BCUT2D eigenvalue weighted by molar-refractivity contribution is -0.259. The summed E-state index contributed by atoms with van der Waals surface area (Å²) in [4.78, 5) is 82.5. The molecule has 274 valence electrons. The highest BCUT2D eigenvalue weighted by atomic mass is 17.2. The monoisotopic (exact) mass is 690 g/mol. The van der Waals surface area contributed by atoms with E-state index in [1.165, 1.54) is 13.8 Å². The highest BCUT2D eigenvalue weighted by Crippen LogP contribution is 2.20. The minimum Gasteiger partial charge on any atom is -0.299 e. The summed E-state index contributed by atoms with van der Waals surface area (Å²) in [5.41, 5.74) is 1.18. The third-order valence-corrected chi connectivity index (χ3v) is 9.21. The molecule has 50 heavy (non-hydrogen) atoms. The van der Waals surface area contributed by atoms with Crippen LogP contribution in [0.25, 0.3) is 0 Å². The second kappa shape index (κ2) is 25.9. The molecule has 8 heteroatoms. The number of unbranched alkanes of at least 4 members (excludes halogenated alkanes) is 14. The molecule has 0 aliphatic rings. The Morgan fingerprint density at radius 2 is 0.700 bits per heavy atom. The van der Waals surface area contributed by atoms with Gasteiger partial charge in [-0.15, -0.1) is 0 Å². The van der Waals surface area contributed by atoms with E-state index in [-0.39, 0.29) is 36.0 Å². The maximum Gasteiger partial charge on any atom is 0.355 e. The van der Waals surface area contributed by atoms with E-state index in [2.05, 4.69) is 9.78 Å². The number of carbonyl (C=O) groups is 6. The van der Waals surface area contributed by atoms with E-state index in [0.29, 0.717) is 36.8 Å². The Hall–Kier alpha value is -3.94. The van der Waals surface area contributed by atoms with Crippen molar-refractivity contribution < 1.29 is 38.5 Å². The van der Waals surface area contributed by atoms with E-state index in [9.17, 15) is 28.8 Å². The topological polar surface area (TPSA) is 121 Å². The molecule has 0 radical (unpaired) electrons. The van der Waals surface area contributed by atoms with Crippen LogP contribution in [0.3, 0.4) is 0 Å². The number of benzene rings is 2. The SMILES string of the molecule is CC(=O)C(CCCCCCCCCCC(=O)OOC(=O)CCCCCCCCCCC(C(C)=O)C(=O)c1ccccc1)C(=O)c1ccccc1. The van der Waals surface area contributed by atoms with Crippen LogP contribution in [0.15, 0.2) is 60.7 Å². The second-order valence-corrected chi connectivity index (χ2v) is 13.4. The van der Waals surface area contributed by atoms with Crippen LogP contribution in [0.4, 0.5) is 0 Å². The van der Waals surface area contributed by atoms with Crippen LogP contribution < -0.4 is 0 Å². The predicted molar refractivity (Wildman–Crippen MR) is 194 cm³/mol. The fraction of sp³-hybridized carbons (Fsp3) is 0.571. The van der Waals surface area contributed by atoms with Crippen molar-refractivity contribution in [2.45, 2.75) is 142 Å². The minimum absolute atomic E-state index is 0.0732. The molecule has 0 amide bonds. The molecule has 0 aliphatic carbocycles. The first-order valence-electron chi connectivity index (χ1n) is 18.8. The Morgan fingerprint density at radius 3 is 1.00 bits per heavy atom. The van der Waals surface area contributed by atoms with Crippen molar-refractivity contribution in [1.29, 1.82) is 0 Å². The first kappa shape index (κ1) is 42.2. The van der Waals surface area contributed by atoms with Crippen LogP contribution in [0, 0.1) is 11.8 Å². The smallest absolute Gasteiger partial charge is 0.299 e. The number of ketones is 4. The van der Waals surface area contributed by atoms with Gasteiger partial charge in [0, 0.05) is 11.1 Å². The number of carbonyl (C=O) groups excluding carboxylic acids is 6. The molecule has 0 bridgehead atoms. The van der Waals surface area contributed by atoms with E-state index in [1.54, 1.807) is 24.3 Å². The molecule has 0 heterocycles. The molecule has 2 atom stereocenters. The molecule has 0 spiro atoms. The van der Waals surface area contributed by atoms with E-state index in [1.807, 2.05) is 36.4 Å². The highest BCUT2D eigenvalue weighted by molar-refractivity contribution is 6.10. The standard InChI is InChI=1S/C42H58O8/c1-33(43)37(41(47)35-25-17-15-18-26-35)29-21-11-7-3-5-9-13-23-31-39(45)49-50-40(46)32-24-14-10-6-4-8-12-22-30-38(34(2)44)42(48)36-27-19-16-20-28-36/h15-20,25-28,37-38H,3-14,21-24,29-32H2,1-2H3. The molecule has 0 saturated carbocycles. The average Bonchev–Trinajstić information content (AvgIpc) is 3.12. The molecule has 8 nitrogen and oxygen atoms in total. The third kappa shape index (κ3) is 18.2. The van der Waals surface area contributed by atoms with Gasteiger partial charge in [0.1, 0.15) is 11.6 Å². The zero-order chi connectivity index (χ0) is 36.4. The summed E-state index contributed by atoms with van der Waals surface area (Å²) in [6, 6.07) is 18.0. The molecule has 0 aromatic heterocycles. The fourth-order valence-electron chi connectivity index (χ4n) is 6.18. The van der Waals surface area contributed by atoms with Gasteiger partial charge in [0.2, 0.25) is 0 Å². The van der Waals surface area contributed by atoms with Crippen LogP contribution in [0.1, 0.15) is 163 Å². The zero-order valence-electron chi connectivity index (χ0n) is 30.3. The van der Waals surface area contributed by atoms with Gasteiger partial charge < -0.3 is 0 Å². The van der Waals surface area contributed by atoms with Crippen molar-refractivity contribution in [3.8, 4) is 0 Å². The van der Waals surface area contributed by atoms with E-state index >= 15 is 0 Å². The Balaban J connectivity index is 1.37. The molecular formula is C42H58O8. The first-order chi connectivity index (χ1) is 24.2. The van der Waals surface area contributed by atoms with E-state index < -0.39 is 23.8 Å². The van der Waals surface area contributed by atoms with Crippen molar-refractivity contribution in [2.24, 2.45) is 11.8 Å². The molecule has 0 fully saturated rings. The summed E-state index contributed by atoms with van der Waals surface area (Å²) in [6.07, 6.45) is 16.8. The lowest BCUT2D eigenvalue weighted by Crippen LogP contribution is -2.22. The zero-order valence-corrected chi connectivity index (χ0v) is 30.3. The summed E-state index contributed by atoms with van der Waals surface area (Å²) in [6.45, 7) is 2.99. The van der Waals surface area contributed by atoms with Crippen molar-refractivity contribution in [3.63, 3.8) is 0 Å². The van der Waals surface area contributed by atoms with Gasteiger partial charge >= 0.3 is 11.9 Å². The number of hydrogen-bond acceptors (Lipinski definition) is 8. The summed E-state index contributed by atoms with van der Waals surface area (Å²) < 4.78 is 0. The van der Waals surface area contributed by atoms with Gasteiger partial charge in [-0.3, -0.25) is 19.2 Å². The average molecular weight is 691 g/mol. The molecule has 2 aromatic carbocycles. The lowest BCUT2D eigenvalue weighted by Gasteiger charge is -2.12. The van der Waals surface area contributed by atoms with Crippen LogP contribution in [0.2, 0.25) is 0 Å². The molecule has 2 aromatic rings. The third-order valence-electron chi connectivity index (χ3n) is 9.21. The summed E-state index contributed by atoms with van der Waals surface area (Å²) in [7, 11) is 0.